The Morgan fingerprint density at radius 3 is 2.57 bits per heavy atom. The van der Waals surface area contributed by atoms with Gasteiger partial charge in [-0.25, -0.2) is 4.39 Å². The van der Waals surface area contributed by atoms with Crippen LogP contribution < -0.4 is 0 Å². The van der Waals surface area contributed by atoms with Crippen LogP contribution in [-0.2, 0) is 11.2 Å². The van der Waals surface area contributed by atoms with Crippen molar-refractivity contribution >= 4 is 5.91 Å². The van der Waals surface area contributed by atoms with E-state index in [0.717, 1.165) is 19.5 Å². The second-order valence-electron chi connectivity index (χ2n) is 5.50. The second-order valence-corrected chi connectivity index (χ2v) is 5.50. The van der Waals surface area contributed by atoms with Crippen molar-refractivity contribution in [2.24, 2.45) is 0 Å². The minimum Gasteiger partial charge on any atom is -0.342 e. The van der Waals surface area contributed by atoms with Gasteiger partial charge in [-0.2, -0.15) is 0 Å². The molecule has 0 saturated carbocycles. The SMILES string of the molecule is O=C(Cc1ccccc1F)N1CCC(c2ccccc2)C1. The van der Waals surface area contributed by atoms with Crippen molar-refractivity contribution in [2.45, 2.75) is 18.8 Å². The average molecular weight is 283 g/mol. The van der Waals surface area contributed by atoms with Gasteiger partial charge in [0.25, 0.3) is 0 Å². The van der Waals surface area contributed by atoms with Crippen molar-refractivity contribution in [3.63, 3.8) is 0 Å². The summed E-state index contributed by atoms with van der Waals surface area (Å²) in [5.41, 5.74) is 1.75. The van der Waals surface area contributed by atoms with Crippen LogP contribution in [0.3, 0.4) is 0 Å². The fourth-order valence-corrected chi connectivity index (χ4v) is 2.90. The van der Waals surface area contributed by atoms with E-state index in [-0.39, 0.29) is 18.1 Å². The lowest BCUT2D eigenvalue weighted by Crippen LogP contribution is -2.30. The smallest absolute Gasteiger partial charge is 0.227 e. The quantitative estimate of drug-likeness (QED) is 0.845. The number of hydrogen-bond acceptors (Lipinski definition) is 1. The molecule has 0 bridgehead atoms. The van der Waals surface area contributed by atoms with Gasteiger partial charge in [-0.15, -0.1) is 0 Å². The molecular formula is C18H18FNO. The molecule has 1 fully saturated rings. The lowest BCUT2D eigenvalue weighted by Gasteiger charge is -2.17. The Labute approximate surface area is 124 Å². The van der Waals surface area contributed by atoms with E-state index in [1.54, 1.807) is 18.2 Å². The van der Waals surface area contributed by atoms with Gasteiger partial charge in [0.1, 0.15) is 5.82 Å². The summed E-state index contributed by atoms with van der Waals surface area (Å²) in [5.74, 6) is 0.110. The first-order valence-corrected chi connectivity index (χ1v) is 7.30. The van der Waals surface area contributed by atoms with Crippen LogP contribution in [-0.4, -0.2) is 23.9 Å². The minimum atomic E-state index is -0.301. The third kappa shape index (κ3) is 3.13. The fourth-order valence-electron chi connectivity index (χ4n) is 2.90. The third-order valence-corrected chi connectivity index (χ3v) is 4.11. The number of rotatable bonds is 3. The van der Waals surface area contributed by atoms with E-state index in [9.17, 15) is 9.18 Å². The van der Waals surface area contributed by atoms with Crippen LogP contribution in [0.2, 0.25) is 0 Å². The van der Waals surface area contributed by atoms with Crippen LogP contribution in [0.15, 0.2) is 54.6 Å². The summed E-state index contributed by atoms with van der Waals surface area (Å²) in [7, 11) is 0. The maximum atomic E-state index is 13.6. The van der Waals surface area contributed by atoms with Crippen LogP contribution in [0.4, 0.5) is 4.39 Å². The van der Waals surface area contributed by atoms with Gasteiger partial charge in [-0.1, -0.05) is 48.5 Å². The molecular weight excluding hydrogens is 265 g/mol. The summed E-state index contributed by atoms with van der Waals surface area (Å²) in [6, 6.07) is 16.8. The largest absolute Gasteiger partial charge is 0.342 e. The molecule has 1 saturated heterocycles. The molecule has 21 heavy (non-hydrogen) atoms. The molecule has 1 unspecified atom stereocenters. The molecule has 1 aliphatic heterocycles. The number of amides is 1. The maximum absolute atomic E-state index is 13.6. The Kier molecular flexibility index (Phi) is 4.00. The van der Waals surface area contributed by atoms with Gasteiger partial charge in [-0.05, 0) is 23.6 Å². The Hall–Kier alpha value is -2.16. The van der Waals surface area contributed by atoms with E-state index in [2.05, 4.69) is 12.1 Å². The van der Waals surface area contributed by atoms with Crippen molar-refractivity contribution in [3.8, 4) is 0 Å². The molecule has 0 N–H and O–H groups in total. The summed E-state index contributed by atoms with van der Waals surface area (Å²) in [6.45, 7) is 1.49. The van der Waals surface area contributed by atoms with Crippen LogP contribution in [0.25, 0.3) is 0 Å². The summed E-state index contributed by atoms with van der Waals surface area (Å²) in [4.78, 5) is 14.2. The van der Waals surface area contributed by atoms with Gasteiger partial charge in [0.15, 0.2) is 0 Å². The first kappa shape index (κ1) is 13.8. The normalized spacial score (nSPS) is 18.0. The molecule has 1 atom stereocenters. The van der Waals surface area contributed by atoms with Crippen LogP contribution >= 0.6 is 0 Å². The van der Waals surface area contributed by atoms with E-state index in [1.165, 1.54) is 11.6 Å². The first-order valence-electron chi connectivity index (χ1n) is 7.30. The van der Waals surface area contributed by atoms with Crippen molar-refractivity contribution in [2.75, 3.05) is 13.1 Å². The standard InChI is InChI=1S/C18H18FNO/c19-17-9-5-4-8-15(17)12-18(21)20-11-10-16(13-20)14-6-2-1-3-7-14/h1-9,16H,10-13H2. The van der Waals surface area contributed by atoms with Gasteiger partial charge >= 0.3 is 0 Å². The first-order chi connectivity index (χ1) is 10.2. The maximum Gasteiger partial charge on any atom is 0.227 e. The Morgan fingerprint density at radius 2 is 1.81 bits per heavy atom. The van der Waals surface area contributed by atoms with Gasteiger partial charge in [-0.3, -0.25) is 4.79 Å². The number of benzene rings is 2. The highest BCUT2D eigenvalue weighted by molar-refractivity contribution is 5.79. The molecule has 1 heterocycles. The zero-order valence-electron chi connectivity index (χ0n) is 11.8. The predicted octanol–water partition coefficient (Wildman–Crippen LogP) is 3.38. The minimum absolute atomic E-state index is 0.0125. The zero-order chi connectivity index (χ0) is 14.7. The summed E-state index contributed by atoms with van der Waals surface area (Å²) in [6.07, 6.45) is 1.13. The topological polar surface area (TPSA) is 20.3 Å². The number of halogens is 1. The second kappa shape index (κ2) is 6.08. The lowest BCUT2D eigenvalue weighted by molar-refractivity contribution is -0.129. The van der Waals surface area contributed by atoms with Crippen molar-refractivity contribution < 1.29 is 9.18 Å². The highest BCUT2D eigenvalue weighted by Crippen LogP contribution is 2.27. The molecule has 0 aliphatic carbocycles. The molecule has 0 radical (unpaired) electrons. The van der Waals surface area contributed by atoms with E-state index < -0.39 is 0 Å². The number of hydrogen-bond donors (Lipinski definition) is 0. The Morgan fingerprint density at radius 1 is 1.10 bits per heavy atom. The molecule has 0 aromatic heterocycles. The highest BCUT2D eigenvalue weighted by Gasteiger charge is 2.27. The van der Waals surface area contributed by atoms with Crippen molar-refractivity contribution in [1.29, 1.82) is 0 Å². The molecule has 3 heteroatoms. The molecule has 2 aromatic rings. The number of likely N-dealkylation sites (tertiary alicyclic amines) is 1. The van der Waals surface area contributed by atoms with E-state index >= 15 is 0 Å². The monoisotopic (exact) mass is 283 g/mol. The average Bonchev–Trinajstić information content (AvgIpc) is 3.00. The van der Waals surface area contributed by atoms with Gasteiger partial charge < -0.3 is 4.90 Å². The molecule has 0 spiro atoms. The number of carbonyl (C=O) groups excluding carboxylic acids is 1. The summed E-state index contributed by atoms with van der Waals surface area (Å²) < 4.78 is 13.6. The molecule has 1 amide bonds. The molecule has 108 valence electrons. The number of nitrogens with zero attached hydrogens (tertiary/aromatic N) is 1. The Balaban J connectivity index is 1.64. The van der Waals surface area contributed by atoms with Crippen LogP contribution in [0.5, 0.6) is 0 Å². The third-order valence-electron chi connectivity index (χ3n) is 4.11. The van der Waals surface area contributed by atoms with E-state index in [1.807, 2.05) is 23.1 Å². The zero-order valence-corrected chi connectivity index (χ0v) is 11.8. The summed E-state index contributed by atoms with van der Waals surface area (Å²) in [5, 5.41) is 0. The van der Waals surface area contributed by atoms with Gasteiger partial charge in [0, 0.05) is 19.0 Å². The molecule has 2 aromatic carbocycles. The fraction of sp³-hybridized carbons (Fsp3) is 0.278. The van der Waals surface area contributed by atoms with Crippen molar-refractivity contribution in [3.05, 3.63) is 71.5 Å². The van der Waals surface area contributed by atoms with E-state index in [4.69, 9.17) is 0 Å². The highest BCUT2D eigenvalue weighted by atomic mass is 19.1. The molecule has 3 rings (SSSR count). The lowest BCUT2D eigenvalue weighted by atomic mass is 9.99. The summed E-state index contributed by atoms with van der Waals surface area (Å²) >= 11 is 0. The van der Waals surface area contributed by atoms with E-state index in [0.29, 0.717) is 11.5 Å². The van der Waals surface area contributed by atoms with Gasteiger partial charge in [0.05, 0.1) is 6.42 Å². The molecule has 2 nitrogen and oxygen atoms in total. The van der Waals surface area contributed by atoms with Gasteiger partial charge in [0.2, 0.25) is 5.91 Å². The Bertz CT molecular complexity index is 626. The van der Waals surface area contributed by atoms with Crippen LogP contribution in [0, 0.1) is 5.82 Å². The number of carbonyl (C=O) groups is 1. The van der Waals surface area contributed by atoms with Crippen molar-refractivity contribution in [1.82, 2.24) is 4.90 Å². The predicted molar refractivity (Wildman–Crippen MR) is 80.5 cm³/mol. The molecule has 1 aliphatic rings. The van der Waals surface area contributed by atoms with Crippen LogP contribution in [0.1, 0.15) is 23.5 Å².